The Hall–Kier alpha value is -6.56. The quantitative estimate of drug-likeness (QED) is 0.130. The van der Waals surface area contributed by atoms with Gasteiger partial charge in [0.2, 0.25) is 0 Å². The molecule has 0 saturated heterocycles. The summed E-state index contributed by atoms with van der Waals surface area (Å²) in [5.74, 6) is 0.762. The molecular formula is C32H18N8O4. The van der Waals surface area contributed by atoms with Crippen molar-refractivity contribution in [3.63, 3.8) is 0 Å². The van der Waals surface area contributed by atoms with Gasteiger partial charge in [-0.15, -0.1) is 0 Å². The molecule has 3 aromatic heterocycles. The van der Waals surface area contributed by atoms with Crippen LogP contribution in [0.3, 0.4) is 0 Å². The number of hydrogen-bond acceptors (Lipinski definition) is 10. The van der Waals surface area contributed by atoms with E-state index in [1.54, 1.807) is 72.8 Å². The van der Waals surface area contributed by atoms with Gasteiger partial charge in [-0.1, -0.05) is 48.5 Å². The number of benzene rings is 4. The first-order valence-electron chi connectivity index (χ1n) is 13.6. The maximum absolute atomic E-state index is 10.9. The molecule has 0 atom stereocenters. The molecule has 0 unspecified atom stereocenters. The maximum atomic E-state index is 10.9. The molecule has 7 aromatic rings. The Labute approximate surface area is 245 Å². The second-order valence-electron chi connectivity index (χ2n) is 10.4. The van der Waals surface area contributed by atoms with Gasteiger partial charge in [-0.3, -0.25) is 0 Å². The number of aromatic amines is 2. The third kappa shape index (κ3) is 3.27. The summed E-state index contributed by atoms with van der Waals surface area (Å²) in [5, 5.41) is 45.5. The Morgan fingerprint density at radius 2 is 0.773 bits per heavy atom. The first kappa shape index (κ1) is 24.1. The van der Waals surface area contributed by atoms with E-state index in [4.69, 9.17) is 29.9 Å². The summed E-state index contributed by atoms with van der Waals surface area (Å²) in [6.45, 7) is 0. The monoisotopic (exact) mass is 578 g/mol. The first-order valence-corrected chi connectivity index (χ1v) is 13.6. The van der Waals surface area contributed by atoms with Gasteiger partial charge in [-0.05, 0) is 24.3 Å². The van der Waals surface area contributed by atoms with Crippen molar-refractivity contribution in [3.8, 4) is 68.5 Å². The molecule has 8 bridgehead atoms. The highest BCUT2D eigenvalue weighted by Crippen LogP contribution is 2.43. The van der Waals surface area contributed by atoms with Crippen molar-refractivity contribution in [1.82, 2.24) is 39.9 Å². The molecule has 0 radical (unpaired) electrons. The van der Waals surface area contributed by atoms with Crippen LogP contribution >= 0.6 is 0 Å². The summed E-state index contributed by atoms with van der Waals surface area (Å²) < 4.78 is 0. The Morgan fingerprint density at radius 3 is 1.23 bits per heavy atom. The molecule has 210 valence electrons. The fraction of sp³-hybridized carbons (Fsp3) is 0. The Morgan fingerprint density at radius 1 is 0.386 bits per heavy atom. The number of aromatic nitrogens is 8. The third-order valence-electron chi connectivity index (χ3n) is 7.85. The van der Waals surface area contributed by atoms with Crippen molar-refractivity contribution in [3.05, 3.63) is 72.8 Å². The number of nitrogens with zero attached hydrogens (tertiary/aromatic N) is 6. The molecule has 0 fully saturated rings. The van der Waals surface area contributed by atoms with E-state index < -0.39 is 0 Å². The van der Waals surface area contributed by atoms with Crippen LogP contribution in [-0.2, 0) is 0 Å². The number of phenols is 4. The van der Waals surface area contributed by atoms with E-state index in [9.17, 15) is 20.4 Å². The zero-order valence-corrected chi connectivity index (χ0v) is 22.4. The van der Waals surface area contributed by atoms with Crippen LogP contribution in [-0.4, -0.2) is 60.3 Å². The topological polar surface area (TPSA) is 190 Å². The van der Waals surface area contributed by atoms with Gasteiger partial charge in [0, 0.05) is 21.9 Å². The minimum absolute atomic E-state index is 0.0239. The SMILES string of the molecule is Oc1cccc2c1-c1nc-2nc2[nH]c(nc3nc(nc4[nH]c(n1)c1cccc(O)c41)-c1cccc(O)c1-3)c1cccc(O)c21. The van der Waals surface area contributed by atoms with E-state index in [0.29, 0.717) is 55.1 Å². The van der Waals surface area contributed by atoms with Crippen LogP contribution in [0.1, 0.15) is 0 Å². The molecule has 0 amide bonds. The van der Waals surface area contributed by atoms with Crippen LogP contribution in [0.5, 0.6) is 23.0 Å². The lowest BCUT2D eigenvalue weighted by Crippen LogP contribution is -1.83. The number of phenolic OH excluding ortho intramolecular Hbond substituents is 4. The number of H-pyrrole nitrogens is 2. The molecule has 5 heterocycles. The van der Waals surface area contributed by atoms with Crippen LogP contribution in [0, 0.1) is 0 Å². The molecule has 0 spiro atoms. The van der Waals surface area contributed by atoms with Crippen molar-refractivity contribution >= 4 is 44.1 Å². The highest BCUT2D eigenvalue weighted by atomic mass is 16.3. The Balaban J connectivity index is 1.54. The minimum Gasteiger partial charge on any atom is -0.507 e. The zero-order chi connectivity index (χ0) is 29.7. The van der Waals surface area contributed by atoms with Crippen molar-refractivity contribution in [1.29, 1.82) is 0 Å². The number of fused-ring (bicyclic) bond motifs is 20. The van der Waals surface area contributed by atoms with E-state index >= 15 is 0 Å². The molecule has 4 aromatic carbocycles. The van der Waals surface area contributed by atoms with Crippen molar-refractivity contribution in [2.45, 2.75) is 0 Å². The Bertz CT molecular complexity index is 2390. The van der Waals surface area contributed by atoms with Gasteiger partial charge in [-0.25, -0.2) is 29.9 Å². The molecular weight excluding hydrogens is 560 g/mol. The number of nitrogens with one attached hydrogen (secondary N) is 2. The van der Waals surface area contributed by atoms with Crippen molar-refractivity contribution in [2.75, 3.05) is 0 Å². The van der Waals surface area contributed by atoms with Gasteiger partial charge in [0.15, 0.2) is 23.3 Å². The summed E-state index contributed by atoms with van der Waals surface area (Å²) in [7, 11) is 0. The van der Waals surface area contributed by atoms with Crippen LogP contribution in [0.4, 0.5) is 0 Å². The Kier molecular flexibility index (Phi) is 4.64. The number of aromatic hydroxyl groups is 4. The van der Waals surface area contributed by atoms with Crippen LogP contribution < -0.4 is 0 Å². The highest BCUT2D eigenvalue weighted by molar-refractivity contribution is 6.09. The zero-order valence-electron chi connectivity index (χ0n) is 22.4. The van der Waals surface area contributed by atoms with Crippen LogP contribution in [0.2, 0.25) is 0 Å². The third-order valence-corrected chi connectivity index (χ3v) is 7.85. The lowest BCUT2D eigenvalue weighted by atomic mass is 10.1. The van der Waals surface area contributed by atoms with Crippen molar-refractivity contribution < 1.29 is 20.4 Å². The van der Waals surface area contributed by atoms with Gasteiger partial charge >= 0.3 is 0 Å². The van der Waals surface area contributed by atoms with E-state index in [1.807, 2.05) is 0 Å². The minimum atomic E-state index is -0.0360. The fourth-order valence-corrected chi connectivity index (χ4v) is 5.91. The fourth-order valence-electron chi connectivity index (χ4n) is 5.91. The van der Waals surface area contributed by atoms with Gasteiger partial charge in [-0.2, -0.15) is 0 Å². The molecule has 12 nitrogen and oxygen atoms in total. The van der Waals surface area contributed by atoms with E-state index in [2.05, 4.69) is 9.97 Å². The predicted molar refractivity (Wildman–Crippen MR) is 163 cm³/mol. The molecule has 2 aliphatic rings. The average Bonchev–Trinajstić information content (AvgIpc) is 3.74. The summed E-state index contributed by atoms with van der Waals surface area (Å²) >= 11 is 0. The lowest BCUT2D eigenvalue weighted by Gasteiger charge is -2.00. The number of rotatable bonds is 0. The van der Waals surface area contributed by atoms with Crippen LogP contribution in [0.25, 0.3) is 89.7 Å². The molecule has 9 rings (SSSR count). The van der Waals surface area contributed by atoms with Gasteiger partial charge in [0.1, 0.15) is 45.6 Å². The second kappa shape index (κ2) is 8.49. The first-order chi connectivity index (χ1) is 21.4. The molecule has 2 aliphatic heterocycles. The normalized spacial score (nSPS) is 12.0. The molecule has 0 saturated carbocycles. The molecule has 6 N–H and O–H groups in total. The molecule has 44 heavy (non-hydrogen) atoms. The maximum Gasteiger partial charge on any atom is 0.168 e. The second-order valence-corrected chi connectivity index (χ2v) is 10.4. The summed E-state index contributed by atoms with van der Waals surface area (Å²) in [6.07, 6.45) is 0. The van der Waals surface area contributed by atoms with Crippen LogP contribution in [0.15, 0.2) is 72.8 Å². The summed E-state index contributed by atoms with van der Waals surface area (Å²) in [4.78, 5) is 34.9. The number of hydrogen-bond donors (Lipinski definition) is 6. The summed E-state index contributed by atoms with van der Waals surface area (Å²) in [6, 6.07) is 20.0. The lowest BCUT2D eigenvalue weighted by molar-refractivity contribution is 0.477. The summed E-state index contributed by atoms with van der Waals surface area (Å²) in [5.41, 5.74) is 3.06. The van der Waals surface area contributed by atoms with Gasteiger partial charge < -0.3 is 30.4 Å². The van der Waals surface area contributed by atoms with E-state index in [-0.39, 0.29) is 57.6 Å². The average molecular weight is 579 g/mol. The largest absolute Gasteiger partial charge is 0.507 e. The smallest absolute Gasteiger partial charge is 0.168 e. The van der Waals surface area contributed by atoms with E-state index in [0.717, 1.165) is 0 Å². The molecule has 12 heteroatoms. The van der Waals surface area contributed by atoms with Crippen molar-refractivity contribution in [2.24, 2.45) is 0 Å². The van der Waals surface area contributed by atoms with Gasteiger partial charge in [0.25, 0.3) is 0 Å². The predicted octanol–water partition coefficient (Wildman–Crippen LogP) is 5.69. The standard InChI is InChI=1S/C32H18N8O4/c41-17-9-1-5-13-21(17)29-33-25(13)37-30-22-14(6-2-10-18(22)42)27(34-30)39-32-24-16(8-4-12-20(24)44)28(36-32)40-31-23-15(26(35-31)38-29)7-3-11-19(23)43/h1-12,41-44H,(H2,33,34,35,36,37,38,39,40). The van der Waals surface area contributed by atoms with Gasteiger partial charge in [0.05, 0.1) is 21.9 Å². The highest BCUT2D eigenvalue weighted by Gasteiger charge is 2.25. The van der Waals surface area contributed by atoms with E-state index in [1.165, 1.54) is 0 Å². The molecule has 0 aliphatic carbocycles.